The third-order valence-corrected chi connectivity index (χ3v) is 3.14. The minimum Gasteiger partial charge on any atom is -0.395 e. The van der Waals surface area contributed by atoms with E-state index >= 15 is 0 Å². The first-order chi connectivity index (χ1) is 8.11. The molecule has 0 saturated carbocycles. The van der Waals surface area contributed by atoms with Gasteiger partial charge < -0.3 is 10.0 Å². The van der Waals surface area contributed by atoms with Crippen LogP contribution in [0.2, 0.25) is 0 Å². The summed E-state index contributed by atoms with van der Waals surface area (Å²) in [4.78, 5) is 13.6. The van der Waals surface area contributed by atoms with E-state index in [9.17, 15) is 9.18 Å². The van der Waals surface area contributed by atoms with Crippen molar-refractivity contribution in [3.63, 3.8) is 0 Å². The van der Waals surface area contributed by atoms with Gasteiger partial charge in [0.25, 0.3) is 5.91 Å². The molecule has 0 aliphatic carbocycles. The Hall–Kier alpha value is -0.940. The highest BCUT2D eigenvalue weighted by Gasteiger charge is 2.18. The summed E-state index contributed by atoms with van der Waals surface area (Å²) in [5.74, 6) is -0.733. The number of hydrogen-bond donors (Lipinski definition) is 1. The first kappa shape index (κ1) is 14.1. The van der Waals surface area contributed by atoms with Crippen molar-refractivity contribution in [2.24, 2.45) is 0 Å². The molecule has 0 heterocycles. The topological polar surface area (TPSA) is 40.5 Å². The number of aliphatic hydroxyl groups excluding tert-OH is 1. The summed E-state index contributed by atoms with van der Waals surface area (Å²) in [5, 5.41) is 8.90. The number of halogens is 2. The van der Waals surface area contributed by atoms with Gasteiger partial charge in [0.1, 0.15) is 5.82 Å². The van der Waals surface area contributed by atoms with E-state index in [0.717, 1.165) is 6.42 Å². The van der Waals surface area contributed by atoms with E-state index in [2.05, 4.69) is 15.9 Å². The van der Waals surface area contributed by atoms with Gasteiger partial charge in [0.05, 0.1) is 16.6 Å². The summed E-state index contributed by atoms with van der Waals surface area (Å²) in [7, 11) is 0. The Kier molecular flexibility index (Phi) is 5.58. The van der Waals surface area contributed by atoms with E-state index in [1.165, 1.54) is 17.0 Å². The Balaban J connectivity index is 2.96. The van der Waals surface area contributed by atoms with Gasteiger partial charge in [-0.15, -0.1) is 0 Å². The summed E-state index contributed by atoms with van der Waals surface area (Å²) in [5.41, 5.74) is 0.284. The standard InChI is InChI=1S/C12H15BrFNO2/c1-2-6-15(7-8-16)12(17)9-4-3-5-10(14)11(9)13/h3-5,16H,2,6-8H2,1H3. The molecule has 0 bridgehead atoms. The Morgan fingerprint density at radius 3 is 2.76 bits per heavy atom. The fourth-order valence-electron chi connectivity index (χ4n) is 1.54. The summed E-state index contributed by atoms with van der Waals surface area (Å²) in [6, 6.07) is 4.35. The second-order valence-electron chi connectivity index (χ2n) is 3.62. The van der Waals surface area contributed by atoms with Crippen molar-refractivity contribution < 1.29 is 14.3 Å². The number of hydrogen-bond acceptors (Lipinski definition) is 2. The molecule has 0 aliphatic rings. The zero-order chi connectivity index (χ0) is 12.8. The SMILES string of the molecule is CCCN(CCO)C(=O)c1cccc(F)c1Br. The number of nitrogens with zero attached hydrogens (tertiary/aromatic N) is 1. The largest absolute Gasteiger partial charge is 0.395 e. The minimum absolute atomic E-state index is 0.0985. The third kappa shape index (κ3) is 3.51. The average Bonchev–Trinajstić information content (AvgIpc) is 2.31. The van der Waals surface area contributed by atoms with Crippen molar-refractivity contribution in [3.8, 4) is 0 Å². The molecule has 0 fully saturated rings. The Morgan fingerprint density at radius 1 is 1.47 bits per heavy atom. The fraction of sp³-hybridized carbons (Fsp3) is 0.417. The van der Waals surface area contributed by atoms with Crippen molar-refractivity contribution >= 4 is 21.8 Å². The van der Waals surface area contributed by atoms with Gasteiger partial charge in [-0.25, -0.2) is 4.39 Å². The first-order valence-electron chi connectivity index (χ1n) is 5.46. The Morgan fingerprint density at radius 2 is 2.18 bits per heavy atom. The van der Waals surface area contributed by atoms with Crippen LogP contribution in [0.25, 0.3) is 0 Å². The van der Waals surface area contributed by atoms with Crippen molar-refractivity contribution in [1.29, 1.82) is 0 Å². The molecule has 1 aromatic carbocycles. The van der Waals surface area contributed by atoms with Gasteiger partial charge in [-0.05, 0) is 34.5 Å². The molecular weight excluding hydrogens is 289 g/mol. The minimum atomic E-state index is -0.462. The Labute approximate surface area is 108 Å². The number of aliphatic hydroxyl groups is 1. The molecule has 0 radical (unpaired) electrons. The van der Waals surface area contributed by atoms with Crippen LogP contribution in [0.3, 0.4) is 0 Å². The molecule has 94 valence electrons. The van der Waals surface area contributed by atoms with Gasteiger partial charge in [0, 0.05) is 13.1 Å². The van der Waals surface area contributed by atoms with Gasteiger partial charge in [0.15, 0.2) is 0 Å². The Bertz CT molecular complexity index is 392. The maximum atomic E-state index is 13.3. The van der Waals surface area contributed by atoms with E-state index in [0.29, 0.717) is 6.54 Å². The molecule has 1 rings (SSSR count). The fourth-order valence-corrected chi connectivity index (χ4v) is 1.98. The van der Waals surface area contributed by atoms with Crippen LogP contribution in [0.15, 0.2) is 22.7 Å². The van der Waals surface area contributed by atoms with E-state index in [1.807, 2.05) is 6.92 Å². The molecule has 0 saturated heterocycles. The lowest BCUT2D eigenvalue weighted by molar-refractivity contribution is 0.0720. The monoisotopic (exact) mass is 303 g/mol. The van der Waals surface area contributed by atoms with E-state index < -0.39 is 5.82 Å². The summed E-state index contributed by atoms with van der Waals surface area (Å²) < 4.78 is 13.5. The molecule has 1 amide bonds. The van der Waals surface area contributed by atoms with Crippen molar-refractivity contribution in [3.05, 3.63) is 34.1 Å². The number of carbonyl (C=O) groups is 1. The predicted molar refractivity (Wildman–Crippen MR) is 67.4 cm³/mol. The van der Waals surface area contributed by atoms with E-state index in [4.69, 9.17) is 5.11 Å². The summed E-state index contributed by atoms with van der Waals surface area (Å²) in [6.45, 7) is 2.65. The molecule has 0 unspecified atom stereocenters. The zero-order valence-electron chi connectivity index (χ0n) is 9.62. The molecule has 0 atom stereocenters. The molecule has 17 heavy (non-hydrogen) atoms. The normalized spacial score (nSPS) is 10.4. The lowest BCUT2D eigenvalue weighted by Crippen LogP contribution is -2.34. The van der Waals surface area contributed by atoms with E-state index in [1.54, 1.807) is 6.07 Å². The van der Waals surface area contributed by atoms with Crippen LogP contribution in [0.1, 0.15) is 23.7 Å². The molecule has 3 nitrogen and oxygen atoms in total. The van der Waals surface area contributed by atoms with Crippen LogP contribution in [0, 0.1) is 5.82 Å². The average molecular weight is 304 g/mol. The zero-order valence-corrected chi connectivity index (χ0v) is 11.2. The van der Waals surface area contributed by atoms with Gasteiger partial charge in [-0.1, -0.05) is 13.0 Å². The number of carbonyl (C=O) groups excluding carboxylic acids is 1. The van der Waals surface area contributed by atoms with E-state index in [-0.39, 0.29) is 29.1 Å². The summed E-state index contributed by atoms with van der Waals surface area (Å²) in [6.07, 6.45) is 0.790. The van der Waals surface area contributed by atoms with Crippen LogP contribution in [-0.2, 0) is 0 Å². The number of amides is 1. The highest BCUT2D eigenvalue weighted by atomic mass is 79.9. The lowest BCUT2D eigenvalue weighted by Gasteiger charge is -2.21. The lowest BCUT2D eigenvalue weighted by atomic mass is 10.2. The molecular formula is C12H15BrFNO2. The maximum Gasteiger partial charge on any atom is 0.255 e. The molecule has 0 aliphatic heterocycles. The van der Waals surface area contributed by atoms with Crippen LogP contribution in [-0.4, -0.2) is 35.6 Å². The molecule has 1 aromatic rings. The van der Waals surface area contributed by atoms with Crippen molar-refractivity contribution in [2.75, 3.05) is 19.7 Å². The van der Waals surface area contributed by atoms with Gasteiger partial charge in [-0.2, -0.15) is 0 Å². The molecule has 5 heteroatoms. The number of benzene rings is 1. The van der Waals surface area contributed by atoms with Crippen molar-refractivity contribution in [1.82, 2.24) is 4.90 Å². The van der Waals surface area contributed by atoms with Gasteiger partial charge >= 0.3 is 0 Å². The first-order valence-corrected chi connectivity index (χ1v) is 6.25. The van der Waals surface area contributed by atoms with Crippen LogP contribution in [0.4, 0.5) is 4.39 Å². The number of rotatable bonds is 5. The second kappa shape index (κ2) is 6.71. The van der Waals surface area contributed by atoms with Crippen LogP contribution in [0.5, 0.6) is 0 Å². The smallest absolute Gasteiger partial charge is 0.255 e. The third-order valence-electron chi connectivity index (χ3n) is 2.33. The molecule has 0 spiro atoms. The highest BCUT2D eigenvalue weighted by molar-refractivity contribution is 9.10. The molecule has 0 aromatic heterocycles. The van der Waals surface area contributed by atoms with Crippen LogP contribution >= 0.6 is 15.9 Å². The van der Waals surface area contributed by atoms with Crippen molar-refractivity contribution in [2.45, 2.75) is 13.3 Å². The van der Waals surface area contributed by atoms with Gasteiger partial charge in [0.2, 0.25) is 0 Å². The van der Waals surface area contributed by atoms with Crippen LogP contribution < -0.4 is 0 Å². The quantitative estimate of drug-likeness (QED) is 0.907. The highest BCUT2D eigenvalue weighted by Crippen LogP contribution is 2.21. The van der Waals surface area contributed by atoms with Gasteiger partial charge in [-0.3, -0.25) is 4.79 Å². The molecule has 1 N–H and O–H groups in total. The maximum absolute atomic E-state index is 13.3. The predicted octanol–water partition coefficient (Wildman–Crippen LogP) is 2.43. The second-order valence-corrected chi connectivity index (χ2v) is 4.41. The summed E-state index contributed by atoms with van der Waals surface area (Å²) >= 11 is 3.07.